The van der Waals surface area contributed by atoms with Crippen molar-refractivity contribution in [2.24, 2.45) is 5.92 Å². The Morgan fingerprint density at radius 2 is 1.95 bits per heavy atom. The molecule has 0 spiro atoms. The van der Waals surface area contributed by atoms with Crippen molar-refractivity contribution in [3.63, 3.8) is 0 Å². The molecule has 0 saturated heterocycles. The van der Waals surface area contributed by atoms with E-state index in [9.17, 15) is 14.7 Å². The maximum atomic E-state index is 13.4. The van der Waals surface area contributed by atoms with Crippen molar-refractivity contribution in [3.05, 3.63) is 89.8 Å². The second kappa shape index (κ2) is 9.20. The SMILES string of the molecule is C[C@@H](/C=C/CCn1cc(CCO)nn1)[C@]1(O)C(=O)Nc2ccc(N3C(=O)c4cccc5cccc3c45)cc21. The Kier molecular flexibility index (Phi) is 5.81. The summed E-state index contributed by atoms with van der Waals surface area (Å²) in [5.41, 5.74) is 1.92. The topological polar surface area (TPSA) is 121 Å². The van der Waals surface area contributed by atoms with E-state index in [2.05, 4.69) is 15.6 Å². The number of hydrogen-bond donors (Lipinski definition) is 3. The highest BCUT2D eigenvalue weighted by Crippen LogP contribution is 2.46. The Bertz CT molecular complexity index is 1600. The third-order valence-corrected chi connectivity index (χ3v) is 7.39. The van der Waals surface area contributed by atoms with Crippen LogP contribution in [0.25, 0.3) is 10.8 Å². The highest BCUT2D eigenvalue weighted by molar-refractivity contribution is 6.28. The molecule has 0 fully saturated rings. The molecule has 3 N–H and O–H groups in total. The maximum absolute atomic E-state index is 13.4. The van der Waals surface area contributed by atoms with Crippen LogP contribution in [-0.4, -0.2) is 43.6 Å². The summed E-state index contributed by atoms with van der Waals surface area (Å²) in [6.45, 7) is 2.40. The summed E-state index contributed by atoms with van der Waals surface area (Å²) < 4.78 is 1.70. The van der Waals surface area contributed by atoms with Gasteiger partial charge in [0.25, 0.3) is 11.8 Å². The van der Waals surface area contributed by atoms with Gasteiger partial charge in [-0.05, 0) is 42.1 Å². The first-order chi connectivity index (χ1) is 18.4. The minimum absolute atomic E-state index is 0.0223. The van der Waals surface area contributed by atoms with Crippen LogP contribution in [0, 0.1) is 5.92 Å². The van der Waals surface area contributed by atoms with Crippen molar-refractivity contribution >= 4 is 39.6 Å². The average molecular weight is 510 g/mol. The normalized spacial score (nSPS) is 19.0. The number of nitrogens with zero attached hydrogens (tertiary/aromatic N) is 4. The van der Waals surface area contributed by atoms with Crippen LogP contribution in [0.5, 0.6) is 0 Å². The van der Waals surface area contributed by atoms with Crippen LogP contribution in [-0.2, 0) is 23.4 Å². The fourth-order valence-electron chi connectivity index (χ4n) is 5.38. The fraction of sp³-hybridized carbons (Fsp3) is 0.241. The Balaban J connectivity index is 1.26. The summed E-state index contributed by atoms with van der Waals surface area (Å²) in [6, 6.07) is 16.7. The lowest BCUT2D eigenvalue weighted by Gasteiger charge is -2.27. The average Bonchev–Trinajstić information content (AvgIpc) is 3.57. The first kappa shape index (κ1) is 24.0. The zero-order valence-electron chi connectivity index (χ0n) is 20.8. The highest BCUT2D eigenvalue weighted by Gasteiger charge is 2.49. The summed E-state index contributed by atoms with van der Waals surface area (Å²) in [5.74, 6) is -1.17. The van der Waals surface area contributed by atoms with Crippen molar-refractivity contribution in [2.75, 3.05) is 16.8 Å². The molecule has 38 heavy (non-hydrogen) atoms. The minimum atomic E-state index is -1.79. The lowest BCUT2D eigenvalue weighted by Crippen LogP contribution is -2.39. The summed E-state index contributed by atoms with van der Waals surface area (Å²) in [6.07, 6.45) is 6.61. The molecule has 3 heterocycles. The smallest absolute Gasteiger partial charge is 0.263 e. The Labute approximate surface area is 219 Å². The Morgan fingerprint density at radius 1 is 1.13 bits per heavy atom. The van der Waals surface area contributed by atoms with E-state index in [1.807, 2.05) is 48.6 Å². The first-order valence-electron chi connectivity index (χ1n) is 12.6. The number of carbonyl (C=O) groups is 2. The van der Waals surface area contributed by atoms with Gasteiger partial charge in [-0.1, -0.05) is 48.6 Å². The lowest BCUT2D eigenvalue weighted by atomic mass is 9.82. The van der Waals surface area contributed by atoms with Crippen LogP contribution < -0.4 is 10.2 Å². The van der Waals surface area contributed by atoms with E-state index >= 15 is 0 Å². The summed E-state index contributed by atoms with van der Waals surface area (Å²) >= 11 is 0. The van der Waals surface area contributed by atoms with Crippen LogP contribution in [0.2, 0.25) is 0 Å². The van der Waals surface area contributed by atoms with Crippen molar-refractivity contribution in [3.8, 4) is 0 Å². The van der Waals surface area contributed by atoms with Gasteiger partial charge in [-0.15, -0.1) is 5.10 Å². The molecule has 2 amide bonds. The number of aromatic nitrogens is 3. The molecule has 1 aromatic heterocycles. The molecule has 9 nitrogen and oxygen atoms in total. The molecule has 0 radical (unpaired) electrons. The van der Waals surface area contributed by atoms with Gasteiger partial charge < -0.3 is 15.5 Å². The van der Waals surface area contributed by atoms with Gasteiger partial charge in [-0.2, -0.15) is 0 Å². The van der Waals surface area contributed by atoms with E-state index in [-0.39, 0.29) is 12.5 Å². The number of rotatable bonds is 8. The quantitative estimate of drug-likeness (QED) is 0.312. The largest absolute Gasteiger partial charge is 0.396 e. The van der Waals surface area contributed by atoms with Gasteiger partial charge in [0, 0.05) is 54.0 Å². The van der Waals surface area contributed by atoms with Gasteiger partial charge in [-0.25, -0.2) is 0 Å². The molecule has 192 valence electrons. The van der Waals surface area contributed by atoms with Crippen LogP contribution >= 0.6 is 0 Å². The molecular weight excluding hydrogens is 482 g/mol. The number of fused-ring (bicyclic) bond motifs is 1. The van der Waals surface area contributed by atoms with Crippen LogP contribution in [0.1, 0.15) is 35.0 Å². The number of hydrogen-bond acceptors (Lipinski definition) is 6. The number of nitrogens with one attached hydrogen (secondary N) is 1. The minimum Gasteiger partial charge on any atom is -0.396 e. The van der Waals surface area contributed by atoms with Gasteiger partial charge in [0.2, 0.25) is 0 Å². The zero-order valence-corrected chi connectivity index (χ0v) is 20.8. The standard InChI is InChI=1S/C29H27N5O4/c1-18(6-2-3-14-33-17-20(13-15-35)31-32-33)29(38)23-16-21(11-12-24(23)30-28(29)37)34-25-10-5-8-19-7-4-9-22(26(19)25)27(34)36/h2,4-12,16-18,35,38H,3,13-15H2,1H3,(H,30,37)/b6-2+/t18-,29+/m0/s1. The number of allylic oxidation sites excluding steroid dienone is 1. The third kappa shape index (κ3) is 3.70. The molecule has 2 aliphatic rings. The van der Waals surface area contributed by atoms with E-state index < -0.39 is 17.4 Å². The molecule has 0 saturated carbocycles. The number of aliphatic hydroxyl groups excluding tert-OH is 1. The van der Waals surface area contributed by atoms with Crippen LogP contribution in [0.4, 0.5) is 17.1 Å². The lowest BCUT2D eigenvalue weighted by molar-refractivity contribution is -0.137. The van der Waals surface area contributed by atoms with E-state index in [0.717, 1.165) is 22.2 Å². The van der Waals surface area contributed by atoms with Crippen molar-refractivity contribution in [1.82, 2.24) is 15.0 Å². The van der Waals surface area contributed by atoms with Gasteiger partial charge in [0.05, 0.1) is 16.9 Å². The molecule has 3 aromatic carbocycles. The Hall–Kier alpha value is -4.34. The molecule has 6 rings (SSSR count). The third-order valence-electron chi connectivity index (χ3n) is 7.39. The number of carbonyl (C=O) groups excluding carboxylic acids is 2. The molecular formula is C29H27N5O4. The summed E-state index contributed by atoms with van der Waals surface area (Å²) in [7, 11) is 0. The zero-order chi connectivity index (χ0) is 26.4. The van der Waals surface area contributed by atoms with Gasteiger partial charge >= 0.3 is 0 Å². The predicted octanol–water partition coefficient (Wildman–Crippen LogP) is 3.68. The molecule has 0 unspecified atom stereocenters. The van der Waals surface area contributed by atoms with Crippen molar-refractivity contribution in [1.29, 1.82) is 0 Å². The first-order valence-corrected chi connectivity index (χ1v) is 12.6. The second-order valence-corrected chi connectivity index (χ2v) is 9.72. The molecule has 9 heteroatoms. The molecule has 2 atom stereocenters. The molecule has 4 aromatic rings. The van der Waals surface area contributed by atoms with E-state index in [1.165, 1.54) is 0 Å². The van der Waals surface area contributed by atoms with Gasteiger partial charge in [0.1, 0.15) is 0 Å². The van der Waals surface area contributed by atoms with E-state index in [4.69, 9.17) is 5.11 Å². The number of benzene rings is 3. The molecule has 0 bridgehead atoms. The molecule has 2 aliphatic heterocycles. The fourth-order valence-corrected chi connectivity index (χ4v) is 5.38. The monoisotopic (exact) mass is 509 g/mol. The number of aliphatic hydroxyl groups is 2. The van der Waals surface area contributed by atoms with Crippen molar-refractivity contribution in [2.45, 2.75) is 31.9 Å². The van der Waals surface area contributed by atoms with Crippen LogP contribution in [0.15, 0.2) is 72.9 Å². The Morgan fingerprint density at radius 3 is 2.76 bits per heavy atom. The highest BCUT2D eigenvalue weighted by atomic mass is 16.3. The summed E-state index contributed by atoms with van der Waals surface area (Å²) in [5, 5.41) is 33.5. The predicted molar refractivity (Wildman–Crippen MR) is 143 cm³/mol. The number of aryl methyl sites for hydroxylation is 1. The second-order valence-electron chi connectivity index (χ2n) is 9.72. The maximum Gasteiger partial charge on any atom is 0.263 e. The summed E-state index contributed by atoms with van der Waals surface area (Å²) in [4.78, 5) is 28.1. The van der Waals surface area contributed by atoms with Gasteiger partial charge in [0.15, 0.2) is 5.60 Å². The number of amides is 2. The molecule has 0 aliphatic carbocycles. The van der Waals surface area contributed by atoms with E-state index in [1.54, 1.807) is 40.9 Å². The number of anilines is 3. The van der Waals surface area contributed by atoms with E-state index in [0.29, 0.717) is 41.9 Å². The van der Waals surface area contributed by atoms with Crippen molar-refractivity contribution < 1.29 is 19.8 Å². The van der Waals surface area contributed by atoms with Crippen LogP contribution in [0.3, 0.4) is 0 Å². The van der Waals surface area contributed by atoms with Gasteiger partial charge in [-0.3, -0.25) is 19.2 Å².